The Balaban J connectivity index is 1.95. The number of nitrogens with zero attached hydrogens (tertiary/aromatic N) is 2. The maximum atomic E-state index is 14.2. The Morgan fingerprint density at radius 3 is 2.90 bits per heavy atom. The Morgan fingerprint density at radius 1 is 1.38 bits per heavy atom. The second-order valence-electron chi connectivity index (χ2n) is 4.96. The molecule has 2 aromatic heterocycles. The summed E-state index contributed by atoms with van der Waals surface area (Å²) < 4.78 is 30.2. The monoisotopic (exact) mass is 307 g/mol. The highest BCUT2D eigenvalue weighted by Gasteiger charge is 2.21. The number of hydrogen-bond donors (Lipinski definition) is 1. The van der Waals surface area contributed by atoms with E-state index in [2.05, 4.69) is 10.3 Å². The van der Waals surface area contributed by atoms with Gasteiger partial charge in [-0.3, -0.25) is 4.40 Å². The van der Waals surface area contributed by atoms with Gasteiger partial charge < -0.3 is 5.32 Å². The number of halogens is 2. The van der Waals surface area contributed by atoms with E-state index in [0.717, 1.165) is 10.7 Å². The van der Waals surface area contributed by atoms with Crippen molar-refractivity contribution in [2.75, 3.05) is 7.05 Å². The molecular formula is C15H15F2N3S. The molecule has 3 aromatic rings. The van der Waals surface area contributed by atoms with Crippen molar-refractivity contribution in [3.05, 3.63) is 58.4 Å². The molecule has 3 nitrogen and oxygen atoms in total. The van der Waals surface area contributed by atoms with Crippen LogP contribution in [0.25, 0.3) is 4.96 Å². The van der Waals surface area contributed by atoms with Crippen LogP contribution in [0.4, 0.5) is 8.78 Å². The number of rotatable bonds is 4. The second-order valence-corrected chi connectivity index (χ2v) is 5.84. The summed E-state index contributed by atoms with van der Waals surface area (Å²) in [6.07, 6.45) is 4.24. The zero-order chi connectivity index (χ0) is 15.0. The average molecular weight is 307 g/mol. The van der Waals surface area contributed by atoms with E-state index in [1.807, 2.05) is 22.2 Å². The van der Waals surface area contributed by atoms with Crippen molar-refractivity contribution < 1.29 is 8.78 Å². The number of likely N-dealkylation sites (N-methyl/N-ethyl adjacent to an activating group) is 1. The Bertz CT molecular complexity index is 750. The fraction of sp³-hybridized carbons (Fsp3) is 0.267. The number of imidazole rings is 1. The van der Waals surface area contributed by atoms with Crippen LogP contribution in [0.1, 0.15) is 22.9 Å². The Labute approximate surface area is 125 Å². The number of nitrogens with one attached hydrogen (secondary N) is 1. The molecule has 110 valence electrons. The highest BCUT2D eigenvalue weighted by Crippen LogP contribution is 2.26. The maximum Gasteiger partial charge on any atom is 0.193 e. The Kier molecular flexibility index (Phi) is 3.73. The summed E-state index contributed by atoms with van der Waals surface area (Å²) >= 11 is 1.53. The topological polar surface area (TPSA) is 29.3 Å². The lowest BCUT2D eigenvalue weighted by molar-refractivity contribution is 0.484. The van der Waals surface area contributed by atoms with E-state index in [-0.39, 0.29) is 5.56 Å². The lowest BCUT2D eigenvalue weighted by Gasteiger charge is -2.18. The van der Waals surface area contributed by atoms with Crippen LogP contribution in [0.5, 0.6) is 0 Å². The van der Waals surface area contributed by atoms with Crippen molar-refractivity contribution >= 4 is 16.3 Å². The van der Waals surface area contributed by atoms with Crippen molar-refractivity contribution in [2.45, 2.75) is 19.4 Å². The van der Waals surface area contributed by atoms with E-state index in [4.69, 9.17) is 0 Å². The molecule has 1 aromatic carbocycles. The molecule has 0 aliphatic heterocycles. The molecule has 21 heavy (non-hydrogen) atoms. The minimum atomic E-state index is -0.529. The van der Waals surface area contributed by atoms with E-state index in [0.29, 0.717) is 12.0 Å². The van der Waals surface area contributed by atoms with Gasteiger partial charge in [0.2, 0.25) is 0 Å². The number of thiazole rings is 1. The predicted octanol–water partition coefficient (Wildman–Crippen LogP) is 3.49. The van der Waals surface area contributed by atoms with Crippen LogP contribution >= 0.6 is 11.3 Å². The highest BCUT2D eigenvalue weighted by molar-refractivity contribution is 7.15. The van der Waals surface area contributed by atoms with Crippen LogP contribution in [0.3, 0.4) is 0 Å². The predicted molar refractivity (Wildman–Crippen MR) is 79.7 cm³/mol. The lowest BCUT2D eigenvalue weighted by Crippen LogP contribution is -2.22. The third-order valence-electron chi connectivity index (χ3n) is 3.57. The zero-order valence-electron chi connectivity index (χ0n) is 11.7. The molecular weight excluding hydrogens is 292 g/mol. The van der Waals surface area contributed by atoms with Crippen molar-refractivity contribution in [3.8, 4) is 0 Å². The average Bonchev–Trinajstić information content (AvgIpc) is 3.03. The van der Waals surface area contributed by atoms with Crippen LogP contribution in [-0.4, -0.2) is 16.4 Å². The fourth-order valence-electron chi connectivity index (χ4n) is 2.43. The molecule has 0 aliphatic rings. The molecule has 6 heteroatoms. The van der Waals surface area contributed by atoms with Crippen LogP contribution in [0.15, 0.2) is 29.9 Å². The number of benzene rings is 1. The van der Waals surface area contributed by atoms with E-state index < -0.39 is 17.7 Å². The standard InChI is InChI=1S/C15H15F2N3S/c1-9-3-4-11(16)13(14(9)17)12(18-2)7-10-8-20-5-6-21-15(20)19-10/h3-6,8,12,18H,7H2,1-2H3. The molecule has 3 rings (SSSR count). The van der Waals surface area contributed by atoms with Crippen molar-refractivity contribution in [1.29, 1.82) is 0 Å². The quantitative estimate of drug-likeness (QED) is 0.799. The molecule has 0 saturated carbocycles. The molecule has 1 N–H and O–H groups in total. The molecule has 0 amide bonds. The molecule has 1 unspecified atom stereocenters. The summed E-state index contributed by atoms with van der Waals surface area (Å²) in [7, 11) is 1.70. The van der Waals surface area contributed by atoms with Gasteiger partial charge in [0.1, 0.15) is 11.6 Å². The summed E-state index contributed by atoms with van der Waals surface area (Å²) in [5, 5.41) is 4.93. The molecule has 0 bridgehead atoms. The minimum absolute atomic E-state index is 0.0776. The summed E-state index contributed by atoms with van der Waals surface area (Å²) in [6, 6.07) is 2.31. The number of fused-ring (bicyclic) bond motifs is 1. The SMILES string of the molecule is CNC(Cc1cn2ccsc2n1)c1c(F)ccc(C)c1F. The Hall–Kier alpha value is -1.79. The largest absolute Gasteiger partial charge is 0.312 e. The zero-order valence-corrected chi connectivity index (χ0v) is 12.5. The van der Waals surface area contributed by atoms with Gasteiger partial charge in [-0.2, -0.15) is 0 Å². The first-order valence-corrected chi connectivity index (χ1v) is 7.51. The van der Waals surface area contributed by atoms with Gasteiger partial charge in [-0.15, -0.1) is 11.3 Å². The van der Waals surface area contributed by atoms with Gasteiger partial charge in [-0.1, -0.05) is 6.07 Å². The maximum absolute atomic E-state index is 14.2. The molecule has 0 spiro atoms. The first-order chi connectivity index (χ1) is 10.1. The van der Waals surface area contributed by atoms with Crippen molar-refractivity contribution in [3.63, 3.8) is 0 Å². The van der Waals surface area contributed by atoms with E-state index in [1.54, 1.807) is 14.0 Å². The van der Waals surface area contributed by atoms with Gasteiger partial charge in [0.25, 0.3) is 0 Å². The molecule has 0 aliphatic carbocycles. The Morgan fingerprint density at radius 2 is 2.19 bits per heavy atom. The van der Waals surface area contributed by atoms with Gasteiger partial charge in [-0.05, 0) is 25.6 Å². The van der Waals surface area contributed by atoms with Gasteiger partial charge in [0.15, 0.2) is 4.96 Å². The lowest BCUT2D eigenvalue weighted by atomic mass is 9.99. The summed E-state index contributed by atoms with van der Waals surface area (Å²) in [5.41, 5.74) is 1.33. The molecule has 2 heterocycles. The summed E-state index contributed by atoms with van der Waals surface area (Å²) in [6.45, 7) is 1.64. The molecule has 1 atom stereocenters. The first kappa shape index (κ1) is 14.2. The minimum Gasteiger partial charge on any atom is -0.312 e. The van der Waals surface area contributed by atoms with E-state index in [1.165, 1.54) is 23.5 Å². The van der Waals surface area contributed by atoms with Gasteiger partial charge in [-0.25, -0.2) is 13.8 Å². The summed E-state index contributed by atoms with van der Waals surface area (Å²) in [5.74, 6) is -1.02. The van der Waals surface area contributed by atoms with Gasteiger partial charge >= 0.3 is 0 Å². The number of aromatic nitrogens is 2. The molecule has 0 saturated heterocycles. The second kappa shape index (κ2) is 5.54. The first-order valence-electron chi connectivity index (χ1n) is 6.63. The van der Waals surface area contributed by atoms with Crippen molar-refractivity contribution in [2.24, 2.45) is 0 Å². The van der Waals surface area contributed by atoms with Crippen LogP contribution in [0, 0.1) is 18.6 Å². The molecule has 0 fully saturated rings. The van der Waals surface area contributed by atoms with Crippen LogP contribution in [-0.2, 0) is 6.42 Å². The van der Waals surface area contributed by atoms with Gasteiger partial charge in [0.05, 0.1) is 5.69 Å². The smallest absolute Gasteiger partial charge is 0.193 e. The third kappa shape index (κ3) is 2.56. The normalized spacial score (nSPS) is 13.0. The summed E-state index contributed by atoms with van der Waals surface area (Å²) in [4.78, 5) is 5.34. The van der Waals surface area contributed by atoms with Gasteiger partial charge in [0, 0.05) is 35.8 Å². The fourth-order valence-corrected chi connectivity index (χ4v) is 3.15. The molecule has 0 radical (unpaired) electrons. The van der Waals surface area contributed by atoms with Crippen molar-refractivity contribution in [1.82, 2.24) is 14.7 Å². The van der Waals surface area contributed by atoms with E-state index in [9.17, 15) is 8.78 Å². The highest BCUT2D eigenvalue weighted by atomic mass is 32.1. The van der Waals surface area contributed by atoms with Crippen LogP contribution < -0.4 is 5.32 Å². The van der Waals surface area contributed by atoms with E-state index >= 15 is 0 Å². The number of aryl methyl sites for hydroxylation is 1. The van der Waals surface area contributed by atoms with Crippen LogP contribution in [0.2, 0.25) is 0 Å². The third-order valence-corrected chi connectivity index (χ3v) is 4.34. The number of hydrogen-bond acceptors (Lipinski definition) is 3.